The molecule has 1 amide bonds. The molecule has 0 aliphatic carbocycles. The molecule has 1 N–H and O–H groups in total. The molecule has 1 aliphatic rings. The van der Waals surface area contributed by atoms with Crippen LogP contribution in [0.1, 0.15) is 26.2 Å². The average Bonchev–Trinajstić information content (AvgIpc) is 2.38. The van der Waals surface area contributed by atoms with Gasteiger partial charge < -0.3 is 14.7 Å². The Morgan fingerprint density at radius 1 is 1.50 bits per heavy atom. The quantitative estimate of drug-likeness (QED) is 0.573. The number of carboxylic acid groups (broad SMARTS) is 1. The Labute approximate surface area is 107 Å². The third-order valence-electron chi connectivity index (χ3n) is 3.19. The molecule has 5 nitrogen and oxygen atoms in total. The fourth-order valence-electron chi connectivity index (χ4n) is 2.00. The van der Waals surface area contributed by atoms with Crippen molar-refractivity contribution >= 4 is 11.9 Å². The second-order valence-electron chi connectivity index (χ2n) is 4.53. The largest absolute Gasteiger partial charge is 0.481 e. The van der Waals surface area contributed by atoms with Crippen molar-refractivity contribution in [1.29, 1.82) is 0 Å². The highest BCUT2D eigenvalue weighted by Gasteiger charge is 2.29. The molecule has 0 aromatic rings. The van der Waals surface area contributed by atoms with E-state index in [1.54, 1.807) is 17.9 Å². The molecule has 1 heterocycles. The molecule has 0 bridgehead atoms. The molecule has 102 valence electrons. The summed E-state index contributed by atoms with van der Waals surface area (Å²) in [7, 11) is 0. The monoisotopic (exact) mass is 255 g/mol. The van der Waals surface area contributed by atoms with Gasteiger partial charge in [0.25, 0.3) is 5.91 Å². The highest BCUT2D eigenvalue weighted by atomic mass is 16.5. The second kappa shape index (κ2) is 7.16. The number of carbonyl (C=O) groups is 2. The number of rotatable bonds is 6. The number of hydrogen-bond acceptors (Lipinski definition) is 3. The molecule has 1 aliphatic heterocycles. The van der Waals surface area contributed by atoms with Crippen molar-refractivity contribution in [2.24, 2.45) is 5.92 Å². The van der Waals surface area contributed by atoms with Crippen LogP contribution in [0.25, 0.3) is 0 Å². The number of ether oxygens (including phenoxy) is 1. The van der Waals surface area contributed by atoms with Crippen LogP contribution in [0.5, 0.6) is 0 Å². The summed E-state index contributed by atoms with van der Waals surface area (Å²) in [4.78, 5) is 24.5. The minimum atomic E-state index is -0.766. The SMILES string of the molecule is C=CCCOC(C)C(=O)N1CCC(C(=O)O)CC1. The number of amides is 1. The molecule has 0 radical (unpaired) electrons. The normalized spacial score (nSPS) is 18.4. The molecule has 0 aromatic carbocycles. The van der Waals surface area contributed by atoms with Gasteiger partial charge in [-0.05, 0) is 26.2 Å². The predicted molar refractivity (Wildman–Crippen MR) is 67.2 cm³/mol. The fraction of sp³-hybridized carbons (Fsp3) is 0.692. The van der Waals surface area contributed by atoms with Gasteiger partial charge in [-0.2, -0.15) is 0 Å². The first-order valence-electron chi connectivity index (χ1n) is 6.30. The van der Waals surface area contributed by atoms with Crippen molar-refractivity contribution in [3.05, 3.63) is 12.7 Å². The summed E-state index contributed by atoms with van der Waals surface area (Å²) in [6.45, 7) is 6.81. The summed E-state index contributed by atoms with van der Waals surface area (Å²) in [5, 5.41) is 8.88. The lowest BCUT2D eigenvalue weighted by Gasteiger charge is -2.31. The van der Waals surface area contributed by atoms with E-state index in [1.165, 1.54) is 0 Å². The topological polar surface area (TPSA) is 66.8 Å². The van der Waals surface area contributed by atoms with Gasteiger partial charge in [-0.15, -0.1) is 6.58 Å². The number of nitrogens with zero attached hydrogens (tertiary/aromatic N) is 1. The summed E-state index contributed by atoms with van der Waals surface area (Å²) in [6.07, 6.45) is 3.06. The lowest BCUT2D eigenvalue weighted by Crippen LogP contribution is -2.45. The van der Waals surface area contributed by atoms with E-state index in [2.05, 4.69) is 6.58 Å². The maximum atomic E-state index is 12.0. The third kappa shape index (κ3) is 4.14. The van der Waals surface area contributed by atoms with E-state index in [1.807, 2.05) is 0 Å². The predicted octanol–water partition coefficient (Wildman–Crippen LogP) is 1.29. The molecule has 1 saturated heterocycles. The summed E-state index contributed by atoms with van der Waals surface area (Å²) < 4.78 is 5.39. The smallest absolute Gasteiger partial charge is 0.306 e. The van der Waals surface area contributed by atoms with Gasteiger partial charge in [0, 0.05) is 13.1 Å². The van der Waals surface area contributed by atoms with Crippen LogP contribution in [0.4, 0.5) is 0 Å². The van der Waals surface area contributed by atoms with Crippen molar-refractivity contribution in [3.8, 4) is 0 Å². The summed E-state index contributed by atoms with van der Waals surface area (Å²) >= 11 is 0. The molecule has 0 spiro atoms. The lowest BCUT2D eigenvalue weighted by atomic mass is 9.97. The Hall–Kier alpha value is -1.36. The van der Waals surface area contributed by atoms with E-state index in [4.69, 9.17) is 9.84 Å². The fourth-order valence-corrected chi connectivity index (χ4v) is 2.00. The number of aliphatic carboxylic acids is 1. The van der Waals surface area contributed by atoms with Crippen molar-refractivity contribution in [2.45, 2.75) is 32.3 Å². The van der Waals surface area contributed by atoms with Crippen LogP contribution >= 0.6 is 0 Å². The van der Waals surface area contributed by atoms with Crippen molar-refractivity contribution in [3.63, 3.8) is 0 Å². The summed E-state index contributed by atoms with van der Waals surface area (Å²) in [5.74, 6) is -1.13. The number of hydrogen-bond donors (Lipinski definition) is 1. The Bertz CT molecular complexity index is 308. The molecule has 5 heteroatoms. The van der Waals surface area contributed by atoms with Crippen LogP contribution in [0.15, 0.2) is 12.7 Å². The Morgan fingerprint density at radius 2 is 2.11 bits per heavy atom. The zero-order valence-electron chi connectivity index (χ0n) is 10.8. The highest BCUT2D eigenvalue weighted by Crippen LogP contribution is 2.18. The van der Waals surface area contributed by atoms with Gasteiger partial charge in [0.2, 0.25) is 0 Å². The Balaban J connectivity index is 2.34. The van der Waals surface area contributed by atoms with Gasteiger partial charge >= 0.3 is 5.97 Å². The van der Waals surface area contributed by atoms with Crippen LogP contribution < -0.4 is 0 Å². The van der Waals surface area contributed by atoms with Gasteiger partial charge in [-0.25, -0.2) is 0 Å². The molecule has 1 fully saturated rings. The molecular weight excluding hydrogens is 234 g/mol. The molecule has 18 heavy (non-hydrogen) atoms. The van der Waals surface area contributed by atoms with E-state index >= 15 is 0 Å². The standard InChI is InChI=1S/C13H21NO4/c1-3-4-9-18-10(2)12(15)14-7-5-11(6-8-14)13(16)17/h3,10-11H,1,4-9H2,2H3,(H,16,17). The minimum Gasteiger partial charge on any atom is -0.481 e. The zero-order chi connectivity index (χ0) is 13.5. The second-order valence-corrected chi connectivity index (χ2v) is 4.53. The summed E-state index contributed by atoms with van der Waals surface area (Å²) in [5.41, 5.74) is 0. The van der Waals surface area contributed by atoms with Gasteiger partial charge in [0.05, 0.1) is 12.5 Å². The number of carbonyl (C=O) groups excluding carboxylic acids is 1. The van der Waals surface area contributed by atoms with Crippen molar-refractivity contribution in [2.75, 3.05) is 19.7 Å². The van der Waals surface area contributed by atoms with Gasteiger partial charge in [0.1, 0.15) is 6.10 Å². The summed E-state index contributed by atoms with van der Waals surface area (Å²) in [6, 6.07) is 0. The van der Waals surface area contributed by atoms with E-state index < -0.39 is 12.1 Å². The van der Waals surface area contributed by atoms with E-state index in [-0.39, 0.29) is 11.8 Å². The van der Waals surface area contributed by atoms with Gasteiger partial charge in [-0.1, -0.05) is 6.08 Å². The molecule has 1 atom stereocenters. The van der Waals surface area contributed by atoms with Gasteiger partial charge in [-0.3, -0.25) is 9.59 Å². The number of piperidine rings is 1. The van der Waals surface area contributed by atoms with Crippen LogP contribution in [0.3, 0.4) is 0 Å². The van der Waals surface area contributed by atoms with Crippen LogP contribution in [-0.2, 0) is 14.3 Å². The van der Waals surface area contributed by atoms with Crippen molar-refractivity contribution < 1.29 is 19.4 Å². The first-order valence-corrected chi connectivity index (χ1v) is 6.30. The van der Waals surface area contributed by atoms with Crippen LogP contribution in [-0.4, -0.2) is 47.7 Å². The lowest BCUT2D eigenvalue weighted by molar-refractivity contribution is -0.149. The molecule has 0 aromatic heterocycles. The molecule has 1 rings (SSSR count). The van der Waals surface area contributed by atoms with Crippen LogP contribution in [0.2, 0.25) is 0 Å². The first-order chi connectivity index (χ1) is 8.56. The highest BCUT2D eigenvalue weighted by molar-refractivity contribution is 5.81. The first kappa shape index (κ1) is 14.7. The minimum absolute atomic E-state index is 0.0529. The van der Waals surface area contributed by atoms with Crippen LogP contribution in [0, 0.1) is 5.92 Å². The van der Waals surface area contributed by atoms with E-state index in [0.29, 0.717) is 32.5 Å². The van der Waals surface area contributed by atoms with Crippen molar-refractivity contribution in [1.82, 2.24) is 4.90 Å². The van der Waals surface area contributed by atoms with E-state index in [0.717, 1.165) is 6.42 Å². The average molecular weight is 255 g/mol. The third-order valence-corrected chi connectivity index (χ3v) is 3.19. The number of likely N-dealkylation sites (tertiary alicyclic amines) is 1. The Morgan fingerprint density at radius 3 is 2.61 bits per heavy atom. The maximum Gasteiger partial charge on any atom is 0.306 e. The zero-order valence-corrected chi connectivity index (χ0v) is 10.8. The maximum absolute atomic E-state index is 12.0. The molecule has 1 unspecified atom stereocenters. The Kier molecular flexibility index (Phi) is 5.85. The van der Waals surface area contributed by atoms with Gasteiger partial charge in [0.15, 0.2) is 0 Å². The van der Waals surface area contributed by atoms with E-state index in [9.17, 15) is 9.59 Å². The number of carboxylic acids is 1. The molecular formula is C13H21NO4. The molecule has 0 saturated carbocycles.